The van der Waals surface area contributed by atoms with Gasteiger partial charge >= 0.3 is 5.97 Å². The van der Waals surface area contributed by atoms with Crippen LogP contribution in [0.2, 0.25) is 0 Å². The Labute approximate surface area is 88.1 Å². The minimum atomic E-state index is -0.293. The maximum absolute atomic E-state index is 12.6. The number of halogens is 1. The van der Waals surface area contributed by atoms with Gasteiger partial charge in [-0.3, -0.25) is 4.79 Å². The van der Waals surface area contributed by atoms with E-state index in [1.807, 2.05) is 0 Å². The first-order valence-corrected chi connectivity index (χ1v) is 5.13. The Morgan fingerprint density at radius 1 is 1.40 bits per heavy atom. The van der Waals surface area contributed by atoms with Gasteiger partial charge < -0.3 is 4.74 Å². The van der Waals surface area contributed by atoms with Crippen LogP contribution in [0.3, 0.4) is 0 Å². The summed E-state index contributed by atoms with van der Waals surface area (Å²) in [6.07, 6.45) is 1.59. The highest BCUT2D eigenvalue weighted by Crippen LogP contribution is 2.32. The van der Waals surface area contributed by atoms with Gasteiger partial charge in [-0.2, -0.15) is 0 Å². The topological polar surface area (TPSA) is 26.3 Å². The van der Waals surface area contributed by atoms with Crippen molar-refractivity contribution in [1.82, 2.24) is 0 Å². The Morgan fingerprint density at radius 2 is 2.00 bits per heavy atom. The number of esters is 1. The molecule has 0 aromatic heterocycles. The minimum Gasteiger partial charge on any atom is -0.458 e. The van der Waals surface area contributed by atoms with Crippen LogP contribution in [0.5, 0.6) is 0 Å². The second kappa shape index (κ2) is 4.01. The molecule has 0 radical (unpaired) electrons. The van der Waals surface area contributed by atoms with Crippen LogP contribution in [0.15, 0.2) is 24.3 Å². The lowest BCUT2D eigenvalue weighted by Gasteiger charge is -2.13. The molecule has 1 aromatic carbocycles. The van der Waals surface area contributed by atoms with E-state index < -0.39 is 0 Å². The molecule has 0 N–H and O–H groups in total. The molecular formula is C12H13FO2. The average Bonchev–Trinajstić information content (AvgIpc) is 3.01. The van der Waals surface area contributed by atoms with E-state index in [4.69, 9.17) is 4.74 Å². The van der Waals surface area contributed by atoms with E-state index in [1.165, 1.54) is 12.1 Å². The molecule has 0 aliphatic heterocycles. The zero-order valence-electron chi connectivity index (χ0n) is 8.57. The van der Waals surface area contributed by atoms with Gasteiger partial charge in [-0.25, -0.2) is 4.39 Å². The number of benzene rings is 1. The van der Waals surface area contributed by atoms with Crippen molar-refractivity contribution in [3.63, 3.8) is 0 Å². The van der Waals surface area contributed by atoms with Crippen LogP contribution in [-0.2, 0) is 9.53 Å². The van der Waals surface area contributed by atoms with Crippen LogP contribution in [0, 0.1) is 11.7 Å². The van der Waals surface area contributed by atoms with E-state index in [-0.39, 0.29) is 23.8 Å². The molecule has 1 aliphatic carbocycles. The molecule has 1 aliphatic rings. The minimum absolute atomic E-state index is 0.105. The van der Waals surface area contributed by atoms with Crippen LogP contribution in [0.4, 0.5) is 4.39 Å². The van der Waals surface area contributed by atoms with Gasteiger partial charge in [0.2, 0.25) is 0 Å². The van der Waals surface area contributed by atoms with Crippen molar-refractivity contribution in [2.45, 2.75) is 25.9 Å². The molecule has 80 valence electrons. The second-order valence-electron chi connectivity index (χ2n) is 3.90. The van der Waals surface area contributed by atoms with Crippen LogP contribution < -0.4 is 0 Å². The average molecular weight is 208 g/mol. The molecule has 0 amide bonds. The lowest BCUT2D eigenvalue weighted by Crippen LogP contribution is -2.10. The molecule has 1 atom stereocenters. The van der Waals surface area contributed by atoms with Crippen molar-refractivity contribution in [3.05, 3.63) is 35.6 Å². The molecule has 0 spiro atoms. The second-order valence-corrected chi connectivity index (χ2v) is 3.90. The third-order valence-electron chi connectivity index (χ3n) is 2.54. The fourth-order valence-corrected chi connectivity index (χ4v) is 1.39. The lowest BCUT2D eigenvalue weighted by molar-refractivity contribution is -0.150. The normalized spacial score (nSPS) is 17.2. The SMILES string of the molecule is CC(OC(=O)C1CC1)c1ccc(F)cc1. The predicted octanol–water partition coefficient (Wildman–Crippen LogP) is 2.84. The lowest BCUT2D eigenvalue weighted by atomic mass is 10.1. The smallest absolute Gasteiger partial charge is 0.309 e. The number of hydrogen-bond donors (Lipinski definition) is 0. The van der Waals surface area contributed by atoms with Gasteiger partial charge in [0.15, 0.2) is 0 Å². The van der Waals surface area contributed by atoms with Crippen LogP contribution in [0.1, 0.15) is 31.4 Å². The molecule has 3 heteroatoms. The van der Waals surface area contributed by atoms with Crippen molar-refractivity contribution in [2.24, 2.45) is 5.92 Å². The van der Waals surface area contributed by atoms with Gasteiger partial charge in [0.1, 0.15) is 11.9 Å². The summed E-state index contributed by atoms with van der Waals surface area (Å²) in [5.41, 5.74) is 0.824. The van der Waals surface area contributed by atoms with E-state index in [0.29, 0.717) is 0 Å². The molecule has 1 unspecified atom stereocenters. The molecule has 0 saturated heterocycles. The number of hydrogen-bond acceptors (Lipinski definition) is 2. The van der Waals surface area contributed by atoms with Crippen LogP contribution in [-0.4, -0.2) is 5.97 Å². The zero-order chi connectivity index (χ0) is 10.8. The van der Waals surface area contributed by atoms with Crippen LogP contribution in [0.25, 0.3) is 0 Å². The fraction of sp³-hybridized carbons (Fsp3) is 0.417. The number of carbonyl (C=O) groups is 1. The number of ether oxygens (including phenoxy) is 1. The zero-order valence-corrected chi connectivity index (χ0v) is 8.57. The highest BCUT2D eigenvalue weighted by molar-refractivity contribution is 5.75. The van der Waals surface area contributed by atoms with Crippen molar-refractivity contribution < 1.29 is 13.9 Å². The summed E-state index contributed by atoms with van der Waals surface area (Å²) >= 11 is 0. The van der Waals surface area contributed by atoms with Gasteiger partial charge in [-0.1, -0.05) is 12.1 Å². The number of carbonyl (C=O) groups excluding carboxylic acids is 1. The Kier molecular flexibility index (Phi) is 2.71. The third kappa shape index (κ3) is 2.55. The molecule has 1 saturated carbocycles. The maximum Gasteiger partial charge on any atom is 0.309 e. The van der Waals surface area contributed by atoms with Gasteiger partial charge in [0.05, 0.1) is 5.92 Å². The Bertz CT molecular complexity index is 354. The summed E-state index contributed by atoms with van der Waals surface area (Å²) in [5, 5.41) is 0. The first-order chi connectivity index (χ1) is 7.16. The van der Waals surface area contributed by atoms with E-state index in [9.17, 15) is 9.18 Å². The Balaban J connectivity index is 1.97. The highest BCUT2D eigenvalue weighted by atomic mass is 19.1. The first kappa shape index (κ1) is 10.1. The summed E-state index contributed by atoms with van der Waals surface area (Å²) in [5.74, 6) is -0.306. The van der Waals surface area contributed by atoms with Gasteiger partial charge in [-0.15, -0.1) is 0 Å². The Hall–Kier alpha value is -1.38. The Morgan fingerprint density at radius 3 is 2.53 bits per heavy atom. The molecule has 1 aromatic rings. The van der Waals surface area contributed by atoms with Crippen molar-refractivity contribution in [1.29, 1.82) is 0 Å². The predicted molar refractivity (Wildman–Crippen MR) is 53.6 cm³/mol. The summed E-state index contributed by atoms with van der Waals surface area (Å²) in [6, 6.07) is 6.02. The largest absolute Gasteiger partial charge is 0.458 e. The molecule has 2 nitrogen and oxygen atoms in total. The van der Waals surface area contributed by atoms with E-state index in [1.54, 1.807) is 19.1 Å². The van der Waals surface area contributed by atoms with Gasteiger partial charge in [-0.05, 0) is 37.5 Å². The monoisotopic (exact) mass is 208 g/mol. The van der Waals surface area contributed by atoms with Crippen LogP contribution >= 0.6 is 0 Å². The van der Waals surface area contributed by atoms with E-state index >= 15 is 0 Å². The summed E-state index contributed by atoms with van der Waals surface area (Å²) in [6.45, 7) is 1.80. The van der Waals surface area contributed by atoms with Crippen molar-refractivity contribution in [2.75, 3.05) is 0 Å². The first-order valence-electron chi connectivity index (χ1n) is 5.13. The quantitative estimate of drug-likeness (QED) is 0.714. The van der Waals surface area contributed by atoms with Gasteiger partial charge in [0.25, 0.3) is 0 Å². The van der Waals surface area contributed by atoms with E-state index in [0.717, 1.165) is 18.4 Å². The molecule has 1 fully saturated rings. The highest BCUT2D eigenvalue weighted by Gasteiger charge is 2.32. The van der Waals surface area contributed by atoms with Crippen molar-refractivity contribution in [3.8, 4) is 0 Å². The standard InChI is InChI=1S/C12H13FO2/c1-8(15-12(14)10-2-3-10)9-4-6-11(13)7-5-9/h4-8,10H,2-3H2,1H3. The van der Waals surface area contributed by atoms with E-state index in [2.05, 4.69) is 0 Å². The summed E-state index contributed by atoms with van der Waals surface area (Å²) in [4.78, 5) is 11.4. The summed E-state index contributed by atoms with van der Waals surface area (Å²) in [7, 11) is 0. The molecule has 0 heterocycles. The maximum atomic E-state index is 12.6. The number of rotatable bonds is 3. The fourth-order valence-electron chi connectivity index (χ4n) is 1.39. The molecular weight excluding hydrogens is 195 g/mol. The van der Waals surface area contributed by atoms with Gasteiger partial charge in [0, 0.05) is 0 Å². The van der Waals surface area contributed by atoms with Crippen molar-refractivity contribution >= 4 is 5.97 Å². The molecule has 2 rings (SSSR count). The summed E-state index contributed by atoms with van der Waals surface area (Å²) < 4.78 is 17.9. The third-order valence-corrected chi connectivity index (χ3v) is 2.54. The molecule has 15 heavy (non-hydrogen) atoms. The molecule has 0 bridgehead atoms.